The Morgan fingerprint density at radius 2 is 1.94 bits per heavy atom. The van der Waals surface area contributed by atoms with Gasteiger partial charge in [0.05, 0.1) is 5.69 Å². The summed E-state index contributed by atoms with van der Waals surface area (Å²) in [6, 6.07) is 3.27. The molecule has 4 nitrogen and oxygen atoms in total. The van der Waals surface area contributed by atoms with E-state index < -0.39 is 18.8 Å². The summed E-state index contributed by atoms with van der Waals surface area (Å²) < 4.78 is 26.8. The maximum Gasteiger partial charge on any atom is 0.491 e. The first-order valence-electron chi connectivity index (χ1n) is 4.44. The average molecular weight is 224 g/mol. The second-order valence-corrected chi connectivity index (χ2v) is 3.19. The molecule has 1 aromatic carbocycles. The molecule has 2 aromatic rings. The highest BCUT2D eigenvalue weighted by atomic mass is 19.2. The summed E-state index contributed by atoms with van der Waals surface area (Å²) in [5, 5.41) is 21.5. The van der Waals surface area contributed by atoms with E-state index >= 15 is 0 Å². The molecule has 82 valence electrons. The van der Waals surface area contributed by atoms with Crippen LogP contribution in [0.15, 0.2) is 30.6 Å². The van der Waals surface area contributed by atoms with E-state index in [0.29, 0.717) is 5.69 Å². The summed E-state index contributed by atoms with van der Waals surface area (Å²) in [6.07, 6.45) is 2.54. The van der Waals surface area contributed by atoms with E-state index in [-0.39, 0.29) is 5.46 Å². The molecule has 1 heterocycles. The Balaban J connectivity index is 2.39. The summed E-state index contributed by atoms with van der Waals surface area (Å²) in [7, 11) is -1.64. The molecule has 1 aromatic heterocycles. The number of benzene rings is 1. The Hall–Kier alpha value is -1.73. The molecule has 0 unspecified atom stereocenters. The van der Waals surface area contributed by atoms with Gasteiger partial charge >= 0.3 is 7.12 Å². The summed E-state index contributed by atoms with van der Waals surface area (Å²) in [5.74, 6) is -1.93. The Morgan fingerprint density at radius 3 is 2.50 bits per heavy atom. The molecule has 16 heavy (non-hydrogen) atoms. The van der Waals surface area contributed by atoms with Crippen molar-refractivity contribution in [2.45, 2.75) is 0 Å². The molecule has 2 N–H and O–H groups in total. The van der Waals surface area contributed by atoms with Gasteiger partial charge in [-0.15, -0.1) is 0 Å². The Bertz CT molecular complexity index is 516. The minimum Gasteiger partial charge on any atom is -0.423 e. The van der Waals surface area contributed by atoms with Crippen LogP contribution in [0.3, 0.4) is 0 Å². The molecule has 0 saturated carbocycles. The van der Waals surface area contributed by atoms with Crippen molar-refractivity contribution >= 4 is 12.6 Å². The Labute approximate surface area is 89.9 Å². The monoisotopic (exact) mass is 224 g/mol. The van der Waals surface area contributed by atoms with Crippen LogP contribution >= 0.6 is 0 Å². The number of nitrogens with zero attached hydrogens (tertiary/aromatic N) is 2. The van der Waals surface area contributed by atoms with Crippen LogP contribution in [-0.2, 0) is 0 Å². The van der Waals surface area contributed by atoms with Gasteiger partial charge < -0.3 is 10.0 Å². The molecule has 0 aliphatic rings. The zero-order valence-corrected chi connectivity index (χ0v) is 8.01. The summed E-state index contributed by atoms with van der Waals surface area (Å²) >= 11 is 0. The third kappa shape index (κ3) is 1.95. The van der Waals surface area contributed by atoms with E-state index in [1.54, 1.807) is 0 Å². The molecule has 2 rings (SSSR count). The molecule has 0 aliphatic carbocycles. The molecular weight excluding hydrogens is 217 g/mol. The van der Waals surface area contributed by atoms with Crippen molar-refractivity contribution in [2.24, 2.45) is 0 Å². The van der Waals surface area contributed by atoms with Gasteiger partial charge in [-0.05, 0) is 12.1 Å². The van der Waals surface area contributed by atoms with Gasteiger partial charge in [0.25, 0.3) is 0 Å². The van der Waals surface area contributed by atoms with Crippen molar-refractivity contribution < 1.29 is 18.8 Å². The lowest BCUT2D eigenvalue weighted by molar-refractivity contribution is 0.426. The van der Waals surface area contributed by atoms with Gasteiger partial charge in [-0.1, -0.05) is 0 Å². The first kappa shape index (κ1) is 10.8. The van der Waals surface area contributed by atoms with Crippen molar-refractivity contribution in [1.29, 1.82) is 0 Å². The topological polar surface area (TPSA) is 58.3 Å². The lowest BCUT2D eigenvalue weighted by atomic mass is 9.83. The number of halogens is 2. The van der Waals surface area contributed by atoms with Gasteiger partial charge in [0.15, 0.2) is 11.6 Å². The third-order valence-corrected chi connectivity index (χ3v) is 2.07. The lowest BCUT2D eigenvalue weighted by Crippen LogP contribution is -2.28. The molecule has 0 amide bonds. The highest BCUT2D eigenvalue weighted by molar-refractivity contribution is 6.58. The van der Waals surface area contributed by atoms with Crippen molar-refractivity contribution in [3.63, 3.8) is 0 Å². The van der Waals surface area contributed by atoms with E-state index in [0.717, 1.165) is 12.1 Å². The molecule has 0 bridgehead atoms. The summed E-state index contributed by atoms with van der Waals surface area (Å²) in [6.45, 7) is 0. The zero-order valence-electron chi connectivity index (χ0n) is 8.01. The van der Waals surface area contributed by atoms with Gasteiger partial charge in [0.1, 0.15) is 0 Å². The third-order valence-electron chi connectivity index (χ3n) is 2.07. The van der Waals surface area contributed by atoms with Crippen LogP contribution in [0.1, 0.15) is 0 Å². The SMILES string of the molecule is OB(O)c1cnn(-c2ccc(F)c(F)c2)c1. The van der Waals surface area contributed by atoms with Crippen LogP contribution in [0, 0.1) is 11.6 Å². The Morgan fingerprint density at radius 1 is 1.19 bits per heavy atom. The van der Waals surface area contributed by atoms with E-state index in [1.807, 2.05) is 0 Å². The number of rotatable bonds is 2. The van der Waals surface area contributed by atoms with E-state index in [4.69, 9.17) is 10.0 Å². The summed E-state index contributed by atoms with van der Waals surface area (Å²) in [4.78, 5) is 0. The van der Waals surface area contributed by atoms with Crippen LogP contribution in [0.4, 0.5) is 8.78 Å². The number of hydrogen-bond acceptors (Lipinski definition) is 3. The molecule has 0 saturated heterocycles. The highest BCUT2D eigenvalue weighted by Crippen LogP contribution is 2.11. The van der Waals surface area contributed by atoms with E-state index in [2.05, 4.69) is 5.10 Å². The normalized spacial score (nSPS) is 10.5. The molecule has 0 fully saturated rings. The molecule has 0 radical (unpaired) electrons. The Kier molecular flexibility index (Phi) is 2.72. The fraction of sp³-hybridized carbons (Fsp3) is 0. The second kappa shape index (κ2) is 4.03. The number of aromatic nitrogens is 2. The zero-order chi connectivity index (χ0) is 11.7. The number of hydrogen-bond donors (Lipinski definition) is 2. The predicted octanol–water partition coefficient (Wildman–Crippen LogP) is -0.170. The van der Waals surface area contributed by atoms with Crippen LogP contribution in [0.2, 0.25) is 0 Å². The van der Waals surface area contributed by atoms with E-state index in [1.165, 1.54) is 23.1 Å². The van der Waals surface area contributed by atoms with Gasteiger partial charge in [0.2, 0.25) is 0 Å². The second-order valence-electron chi connectivity index (χ2n) is 3.19. The van der Waals surface area contributed by atoms with Gasteiger partial charge in [0, 0.05) is 23.9 Å². The maximum atomic E-state index is 12.9. The minimum absolute atomic E-state index is 0.171. The highest BCUT2D eigenvalue weighted by Gasteiger charge is 2.14. The predicted molar refractivity (Wildman–Crippen MR) is 53.3 cm³/mol. The van der Waals surface area contributed by atoms with Crippen molar-refractivity contribution in [1.82, 2.24) is 9.78 Å². The smallest absolute Gasteiger partial charge is 0.423 e. The van der Waals surface area contributed by atoms with Crippen LogP contribution in [-0.4, -0.2) is 26.9 Å². The van der Waals surface area contributed by atoms with Crippen molar-refractivity contribution in [3.8, 4) is 5.69 Å². The van der Waals surface area contributed by atoms with Crippen LogP contribution in [0.5, 0.6) is 0 Å². The van der Waals surface area contributed by atoms with Gasteiger partial charge in [-0.2, -0.15) is 5.10 Å². The fourth-order valence-corrected chi connectivity index (χ4v) is 1.24. The fourth-order valence-electron chi connectivity index (χ4n) is 1.24. The standard InChI is InChI=1S/C9H7BF2N2O2/c11-8-2-1-7(3-9(8)12)14-5-6(4-13-14)10(15)16/h1-5,15-16H. The quantitative estimate of drug-likeness (QED) is 0.696. The van der Waals surface area contributed by atoms with Gasteiger partial charge in [-0.3, -0.25) is 0 Å². The minimum atomic E-state index is -1.64. The first-order chi connectivity index (χ1) is 7.58. The summed E-state index contributed by atoms with van der Waals surface area (Å²) in [5.41, 5.74) is 0.468. The van der Waals surface area contributed by atoms with Gasteiger partial charge in [-0.25, -0.2) is 13.5 Å². The lowest BCUT2D eigenvalue weighted by Gasteiger charge is -2.01. The van der Waals surface area contributed by atoms with E-state index in [9.17, 15) is 8.78 Å². The van der Waals surface area contributed by atoms with Crippen molar-refractivity contribution in [3.05, 3.63) is 42.2 Å². The largest absolute Gasteiger partial charge is 0.491 e. The molecule has 7 heteroatoms. The van der Waals surface area contributed by atoms with Crippen molar-refractivity contribution in [2.75, 3.05) is 0 Å². The van der Waals surface area contributed by atoms with Crippen LogP contribution < -0.4 is 5.46 Å². The molecule has 0 spiro atoms. The van der Waals surface area contributed by atoms with Crippen LogP contribution in [0.25, 0.3) is 5.69 Å². The molecular formula is C9H7BF2N2O2. The average Bonchev–Trinajstić information content (AvgIpc) is 2.71. The molecule has 0 aliphatic heterocycles. The first-order valence-corrected chi connectivity index (χ1v) is 4.44. The molecule has 0 atom stereocenters. The maximum absolute atomic E-state index is 12.9.